The number of ketones is 2. The maximum atomic E-state index is 13.2. The molecule has 0 aromatic heterocycles. The van der Waals surface area contributed by atoms with Crippen LogP contribution < -0.4 is 5.32 Å². The molecular weight excluding hydrogens is 418 g/mol. The molecule has 10 atom stereocenters. The van der Waals surface area contributed by atoms with E-state index in [0.717, 1.165) is 38.0 Å². The minimum atomic E-state index is -0.679. The molecule has 1 saturated heterocycles. The van der Waals surface area contributed by atoms with Crippen LogP contribution in [0.2, 0.25) is 0 Å². The fraction of sp³-hybridized carbons (Fsp3) is 0.913. The lowest BCUT2D eigenvalue weighted by atomic mass is 9.69. The summed E-state index contributed by atoms with van der Waals surface area (Å²) in [7, 11) is 0. The monoisotopic (exact) mass is 453 g/mol. The first-order chi connectivity index (χ1) is 13.4. The first kappa shape index (κ1) is 21.0. The summed E-state index contributed by atoms with van der Waals surface area (Å²) in [5.74, 6) is 1.01. The average molecular weight is 454 g/mol. The van der Waals surface area contributed by atoms with Gasteiger partial charge in [0.1, 0.15) is 11.6 Å². The van der Waals surface area contributed by atoms with E-state index in [1.165, 1.54) is 25.7 Å². The van der Waals surface area contributed by atoms with E-state index in [-0.39, 0.29) is 28.2 Å². The number of halogens is 1. The molecule has 4 fully saturated rings. The summed E-state index contributed by atoms with van der Waals surface area (Å²) in [6.07, 6.45) is 9.27. The van der Waals surface area contributed by atoms with Crippen molar-refractivity contribution in [1.82, 2.24) is 5.32 Å². The molecular formula is C23H36BrNO3. The Morgan fingerprint density at radius 3 is 2.57 bits per heavy atom. The molecule has 10 unspecified atom stereocenters. The third-order valence-electron chi connectivity index (χ3n) is 8.30. The Kier molecular flexibility index (Phi) is 6.35. The van der Waals surface area contributed by atoms with Crippen molar-refractivity contribution in [2.75, 3.05) is 0 Å². The molecule has 158 valence electrons. The summed E-state index contributed by atoms with van der Waals surface area (Å²) >= 11 is 3.79. The molecule has 2 N–H and O–H groups in total. The molecule has 28 heavy (non-hydrogen) atoms. The Hall–Kier alpha value is -0.260. The molecule has 0 bridgehead atoms. The number of Topliss-reactive ketones (excluding diaryl/α,β-unsaturated/α-hetero) is 2. The van der Waals surface area contributed by atoms with Gasteiger partial charge >= 0.3 is 0 Å². The number of hydrogen-bond donors (Lipinski definition) is 2. The van der Waals surface area contributed by atoms with Gasteiger partial charge in [-0.25, -0.2) is 0 Å². The normalized spacial score (nSPS) is 49.0. The quantitative estimate of drug-likeness (QED) is 0.500. The van der Waals surface area contributed by atoms with Crippen LogP contribution in [-0.2, 0) is 9.59 Å². The summed E-state index contributed by atoms with van der Waals surface area (Å²) in [5, 5.41) is 14.7. The average Bonchev–Trinajstić information content (AvgIpc) is 2.93. The van der Waals surface area contributed by atoms with Gasteiger partial charge in [-0.05, 0) is 56.3 Å². The molecule has 4 aliphatic rings. The molecule has 4 rings (SSSR count). The van der Waals surface area contributed by atoms with Gasteiger partial charge in [-0.1, -0.05) is 49.0 Å². The van der Waals surface area contributed by atoms with E-state index in [4.69, 9.17) is 0 Å². The van der Waals surface area contributed by atoms with Crippen molar-refractivity contribution in [3.05, 3.63) is 0 Å². The lowest BCUT2D eigenvalue weighted by Gasteiger charge is -2.49. The minimum absolute atomic E-state index is 0.0321. The van der Waals surface area contributed by atoms with E-state index in [2.05, 4.69) is 35.1 Å². The second-order valence-corrected chi connectivity index (χ2v) is 11.2. The van der Waals surface area contributed by atoms with Crippen molar-refractivity contribution in [1.29, 1.82) is 0 Å². The van der Waals surface area contributed by atoms with E-state index in [1.54, 1.807) is 0 Å². The molecule has 0 radical (unpaired) electrons. The molecule has 0 amide bonds. The van der Waals surface area contributed by atoms with Crippen LogP contribution in [0.1, 0.15) is 71.6 Å². The largest absolute Gasteiger partial charge is 0.390 e. The van der Waals surface area contributed by atoms with Gasteiger partial charge in [-0.2, -0.15) is 0 Å². The SMILES string of the molecule is CCCCC1CCC2NC(C3C(=O)C4CCC(C)CC4C3=O)C(O)C(Br)C2C1. The summed E-state index contributed by atoms with van der Waals surface area (Å²) in [6.45, 7) is 4.43. The fourth-order valence-corrected chi connectivity index (χ4v) is 7.61. The van der Waals surface area contributed by atoms with Gasteiger partial charge in [0.2, 0.25) is 0 Å². The second kappa shape index (κ2) is 8.47. The molecule has 0 aromatic rings. The number of carbonyl (C=O) groups is 2. The number of carbonyl (C=O) groups excluding carboxylic acids is 2. The maximum absolute atomic E-state index is 13.2. The van der Waals surface area contributed by atoms with Gasteiger partial charge in [0.15, 0.2) is 0 Å². The molecule has 4 nitrogen and oxygen atoms in total. The Bertz CT molecular complexity index is 609. The summed E-state index contributed by atoms with van der Waals surface area (Å²) in [6, 6.07) is -0.114. The Balaban J connectivity index is 1.48. The van der Waals surface area contributed by atoms with Crippen LogP contribution in [0.25, 0.3) is 0 Å². The number of hydrogen-bond acceptors (Lipinski definition) is 4. The number of piperidine rings is 1. The van der Waals surface area contributed by atoms with E-state index in [1.807, 2.05) is 0 Å². The number of aliphatic hydroxyl groups excluding tert-OH is 1. The highest BCUT2D eigenvalue weighted by atomic mass is 79.9. The summed E-state index contributed by atoms with van der Waals surface area (Å²) in [4.78, 5) is 26.3. The Labute approximate surface area is 177 Å². The molecule has 0 spiro atoms. The smallest absolute Gasteiger partial charge is 0.148 e. The zero-order valence-electron chi connectivity index (χ0n) is 17.3. The second-order valence-electron chi connectivity index (χ2n) is 10.1. The van der Waals surface area contributed by atoms with Crippen molar-refractivity contribution in [3.63, 3.8) is 0 Å². The molecule has 1 aliphatic heterocycles. The number of fused-ring (bicyclic) bond motifs is 2. The van der Waals surface area contributed by atoms with E-state index in [9.17, 15) is 14.7 Å². The van der Waals surface area contributed by atoms with E-state index >= 15 is 0 Å². The van der Waals surface area contributed by atoms with Crippen molar-refractivity contribution >= 4 is 27.5 Å². The zero-order valence-corrected chi connectivity index (χ0v) is 18.9. The zero-order chi connectivity index (χ0) is 20.0. The minimum Gasteiger partial charge on any atom is -0.390 e. The third-order valence-corrected chi connectivity index (χ3v) is 9.52. The van der Waals surface area contributed by atoms with Crippen LogP contribution in [0.15, 0.2) is 0 Å². The fourth-order valence-electron chi connectivity index (χ4n) is 6.69. The third kappa shape index (κ3) is 3.65. The van der Waals surface area contributed by atoms with Crippen LogP contribution >= 0.6 is 15.9 Å². The predicted molar refractivity (Wildman–Crippen MR) is 113 cm³/mol. The number of rotatable bonds is 4. The van der Waals surface area contributed by atoms with Gasteiger partial charge in [0.05, 0.1) is 18.1 Å². The highest BCUT2D eigenvalue weighted by molar-refractivity contribution is 9.09. The van der Waals surface area contributed by atoms with Crippen molar-refractivity contribution < 1.29 is 14.7 Å². The summed E-state index contributed by atoms with van der Waals surface area (Å²) in [5.41, 5.74) is 0. The Morgan fingerprint density at radius 1 is 1.07 bits per heavy atom. The molecule has 5 heteroatoms. The van der Waals surface area contributed by atoms with Crippen LogP contribution in [0.4, 0.5) is 0 Å². The first-order valence-electron chi connectivity index (χ1n) is 11.6. The predicted octanol–water partition coefficient (Wildman–Crippen LogP) is 3.88. The van der Waals surface area contributed by atoms with Crippen LogP contribution in [0, 0.1) is 35.5 Å². The van der Waals surface area contributed by atoms with Crippen LogP contribution in [-0.4, -0.2) is 39.7 Å². The van der Waals surface area contributed by atoms with E-state index < -0.39 is 18.1 Å². The van der Waals surface area contributed by atoms with Crippen LogP contribution in [0.5, 0.6) is 0 Å². The highest BCUT2D eigenvalue weighted by Crippen LogP contribution is 2.47. The van der Waals surface area contributed by atoms with Crippen molar-refractivity contribution in [2.24, 2.45) is 35.5 Å². The van der Waals surface area contributed by atoms with Gasteiger partial charge in [0.25, 0.3) is 0 Å². The number of aliphatic hydroxyl groups is 1. The lowest BCUT2D eigenvalue weighted by molar-refractivity contribution is -0.132. The molecule has 1 heterocycles. The molecule has 3 aliphatic carbocycles. The van der Waals surface area contributed by atoms with Gasteiger partial charge in [0, 0.05) is 22.7 Å². The number of alkyl halides is 1. The standard InChI is InChI=1S/C23H36BrNO3/c1-3-4-5-13-7-9-17-16(11-13)19(24)23(28)20(25-17)18-21(26)14-8-6-12(2)10-15(14)22(18)27/h12-20,23,25,28H,3-11H2,1-2H3. The highest BCUT2D eigenvalue weighted by Gasteiger charge is 2.57. The van der Waals surface area contributed by atoms with Crippen molar-refractivity contribution in [2.45, 2.75) is 94.6 Å². The van der Waals surface area contributed by atoms with Gasteiger partial charge < -0.3 is 10.4 Å². The number of unbranched alkanes of at least 4 members (excludes halogenated alkanes) is 1. The first-order valence-corrected chi connectivity index (χ1v) is 12.5. The Morgan fingerprint density at radius 2 is 1.82 bits per heavy atom. The molecule has 3 saturated carbocycles. The van der Waals surface area contributed by atoms with Crippen molar-refractivity contribution in [3.8, 4) is 0 Å². The van der Waals surface area contributed by atoms with Gasteiger partial charge in [-0.3, -0.25) is 9.59 Å². The lowest BCUT2D eigenvalue weighted by Crippen LogP contribution is -2.65. The number of nitrogens with one attached hydrogen (secondary N) is 1. The topological polar surface area (TPSA) is 66.4 Å². The summed E-state index contributed by atoms with van der Waals surface area (Å²) < 4.78 is 0. The van der Waals surface area contributed by atoms with Gasteiger partial charge in [-0.15, -0.1) is 0 Å². The van der Waals surface area contributed by atoms with Crippen LogP contribution in [0.3, 0.4) is 0 Å². The maximum Gasteiger partial charge on any atom is 0.148 e. The van der Waals surface area contributed by atoms with E-state index in [0.29, 0.717) is 17.9 Å². The molecule has 0 aromatic carbocycles.